The number of hydrogen-bond acceptors (Lipinski definition) is 4. The quantitative estimate of drug-likeness (QED) is 0.632. The molecule has 2 unspecified atom stereocenters. The van der Waals surface area contributed by atoms with Crippen molar-refractivity contribution in [2.24, 2.45) is 5.92 Å². The summed E-state index contributed by atoms with van der Waals surface area (Å²) in [5.41, 5.74) is 3.03. The van der Waals surface area contributed by atoms with E-state index in [0.29, 0.717) is 35.9 Å². The standard InChI is InChI=1S/C24H21ClN4O2/c25-20-6-2-16(3-7-20)1-4-18-5-8-22-19-11-17(14-29(22)23(18)30)13-28(15-19)24(31)21-12-26-9-10-27-21/h1-10,12,17,19H,11,13-15H2. The van der Waals surface area contributed by atoms with Crippen LogP contribution < -0.4 is 5.56 Å². The minimum Gasteiger partial charge on any atom is -0.336 e. The topological polar surface area (TPSA) is 68.1 Å². The van der Waals surface area contributed by atoms with Gasteiger partial charge in [0.05, 0.1) is 6.20 Å². The van der Waals surface area contributed by atoms with Gasteiger partial charge in [0.15, 0.2) is 0 Å². The summed E-state index contributed by atoms with van der Waals surface area (Å²) in [6, 6.07) is 11.4. The fraction of sp³-hybridized carbons (Fsp3) is 0.250. The minimum absolute atomic E-state index is 0.0196. The van der Waals surface area contributed by atoms with Crippen LogP contribution in [-0.2, 0) is 6.54 Å². The van der Waals surface area contributed by atoms with E-state index in [1.165, 1.54) is 12.4 Å². The molecule has 1 saturated heterocycles. The van der Waals surface area contributed by atoms with Crippen LogP contribution in [0.5, 0.6) is 0 Å². The summed E-state index contributed by atoms with van der Waals surface area (Å²) in [6.45, 7) is 1.84. The first kappa shape index (κ1) is 19.7. The van der Waals surface area contributed by atoms with Crippen LogP contribution in [0.1, 0.15) is 39.6 Å². The molecule has 2 aromatic heterocycles. The normalized spacial score (nSPS) is 20.0. The lowest BCUT2D eigenvalue weighted by Crippen LogP contribution is -2.49. The van der Waals surface area contributed by atoms with E-state index in [2.05, 4.69) is 9.97 Å². The lowest BCUT2D eigenvalue weighted by atomic mass is 9.83. The fourth-order valence-electron chi connectivity index (χ4n) is 4.59. The molecular weight excluding hydrogens is 412 g/mol. The lowest BCUT2D eigenvalue weighted by molar-refractivity contribution is 0.0588. The van der Waals surface area contributed by atoms with Gasteiger partial charge in [0.1, 0.15) is 5.69 Å². The number of carbonyl (C=O) groups is 1. The zero-order valence-corrected chi connectivity index (χ0v) is 17.6. The summed E-state index contributed by atoms with van der Waals surface area (Å²) >= 11 is 5.94. The maximum Gasteiger partial charge on any atom is 0.274 e. The van der Waals surface area contributed by atoms with Gasteiger partial charge < -0.3 is 9.47 Å². The summed E-state index contributed by atoms with van der Waals surface area (Å²) in [7, 11) is 0. The third-order valence-corrected chi connectivity index (χ3v) is 6.28. The van der Waals surface area contributed by atoms with Crippen LogP contribution in [-0.4, -0.2) is 38.4 Å². The Kier molecular flexibility index (Phi) is 5.16. The van der Waals surface area contributed by atoms with E-state index in [4.69, 9.17) is 11.6 Å². The van der Waals surface area contributed by atoms with Gasteiger partial charge in [-0.1, -0.05) is 29.8 Å². The van der Waals surface area contributed by atoms with Gasteiger partial charge >= 0.3 is 0 Å². The average Bonchev–Trinajstić information content (AvgIpc) is 2.80. The molecule has 1 aromatic carbocycles. The van der Waals surface area contributed by atoms with Crippen LogP contribution in [0.15, 0.2) is 59.8 Å². The summed E-state index contributed by atoms with van der Waals surface area (Å²) in [5.74, 6) is 0.302. The number of likely N-dealkylation sites (tertiary alicyclic amines) is 1. The predicted molar refractivity (Wildman–Crippen MR) is 120 cm³/mol. The SMILES string of the molecule is O=C(c1cnccn1)N1CC2CC(C1)c1ccc(C=Cc3ccc(Cl)cc3)c(=O)n1C2. The molecule has 2 aliphatic rings. The van der Waals surface area contributed by atoms with Crippen LogP contribution in [0.3, 0.4) is 0 Å². The molecule has 156 valence electrons. The first-order valence-electron chi connectivity index (χ1n) is 10.3. The Labute approximate surface area is 184 Å². The highest BCUT2D eigenvalue weighted by atomic mass is 35.5. The second-order valence-electron chi connectivity index (χ2n) is 8.11. The molecule has 0 N–H and O–H groups in total. The third-order valence-electron chi connectivity index (χ3n) is 6.03. The molecule has 4 heterocycles. The summed E-state index contributed by atoms with van der Waals surface area (Å²) in [6.07, 6.45) is 9.36. The van der Waals surface area contributed by atoms with Crippen molar-refractivity contribution in [3.05, 3.63) is 92.9 Å². The molecule has 2 aliphatic heterocycles. The van der Waals surface area contributed by atoms with E-state index < -0.39 is 0 Å². The molecule has 2 bridgehead atoms. The molecule has 0 aliphatic carbocycles. The molecule has 5 rings (SSSR count). The number of pyridine rings is 1. The second kappa shape index (κ2) is 8.12. The van der Waals surface area contributed by atoms with Crippen molar-refractivity contribution in [3.63, 3.8) is 0 Å². The molecule has 1 amide bonds. The Balaban J connectivity index is 1.39. The number of aromatic nitrogens is 3. The van der Waals surface area contributed by atoms with E-state index in [9.17, 15) is 9.59 Å². The number of nitrogens with zero attached hydrogens (tertiary/aromatic N) is 4. The first-order valence-corrected chi connectivity index (χ1v) is 10.7. The van der Waals surface area contributed by atoms with Gasteiger partial charge in [0.25, 0.3) is 11.5 Å². The number of amides is 1. The van der Waals surface area contributed by atoms with Gasteiger partial charge in [0.2, 0.25) is 0 Å². The Morgan fingerprint density at radius 3 is 2.65 bits per heavy atom. The molecule has 0 radical (unpaired) electrons. The van der Waals surface area contributed by atoms with E-state index >= 15 is 0 Å². The van der Waals surface area contributed by atoms with Crippen molar-refractivity contribution >= 4 is 29.7 Å². The Morgan fingerprint density at radius 1 is 1.03 bits per heavy atom. The van der Waals surface area contributed by atoms with Gasteiger partial charge in [-0.25, -0.2) is 4.98 Å². The lowest BCUT2D eigenvalue weighted by Gasteiger charge is -2.42. The third kappa shape index (κ3) is 3.91. The average molecular weight is 433 g/mol. The van der Waals surface area contributed by atoms with E-state index in [1.54, 1.807) is 6.20 Å². The van der Waals surface area contributed by atoms with Crippen LogP contribution in [0.2, 0.25) is 5.02 Å². The number of rotatable bonds is 3. The van der Waals surface area contributed by atoms with Crippen LogP contribution >= 0.6 is 11.6 Å². The van der Waals surface area contributed by atoms with Gasteiger partial charge in [-0.05, 0) is 48.2 Å². The minimum atomic E-state index is -0.0962. The van der Waals surface area contributed by atoms with Gasteiger partial charge in [0, 0.05) is 54.2 Å². The maximum atomic E-state index is 13.1. The number of piperidine rings is 1. The molecule has 31 heavy (non-hydrogen) atoms. The van der Waals surface area contributed by atoms with Crippen LogP contribution in [0.25, 0.3) is 12.2 Å². The number of hydrogen-bond donors (Lipinski definition) is 0. The van der Waals surface area contributed by atoms with Crippen molar-refractivity contribution in [2.75, 3.05) is 13.1 Å². The number of benzene rings is 1. The summed E-state index contributed by atoms with van der Waals surface area (Å²) in [5, 5.41) is 0.685. The zero-order valence-electron chi connectivity index (χ0n) is 16.8. The molecule has 1 fully saturated rings. The maximum absolute atomic E-state index is 13.1. The van der Waals surface area contributed by atoms with Crippen LogP contribution in [0.4, 0.5) is 0 Å². The monoisotopic (exact) mass is 432 g/mol. The van der Waals surface area contributed by atoms with Gasteiger partial charge in [-0.15, -0.1) is 0 Å². The number of fused-ring (bicyclic) bond motifs is 4. The van der Waals surface area contributed by atoms with Crippen LogP contribution in [0, 0.1) is 5.92 Å². The van der Waals surface area contributed by atoms with Crippen molar-refractivity contribution in [2.45, 2.75) is 18.9 Å². The van der Waals surface area contributed by atoms with E-state index in [-0.39, 0.29) is 23.3 Å². The predicted octanol–water partition coefficient (Wildman–Crippen LogP) is 3.72. The highest BCUT2D eigenvalue weighted by molar-refractivity contribution is 6.30. The largest absolute Gasteiger partial charge is 0.336 e. The zero-order chi connectivity index (χ0) is 21.4. The molecule has 2 atom stereocenters. The van der Waals surface area contributed by atoms with Crippen molar-refractivity contribution in [3.8, 4) is 0 Å². The Hall–Kier alpha value is -3.25. The fourth-order valence-corrected chi connectivity index (χ4v) is 4.71. The van der Waals surface area contributed by atoms with Crippen molar-refractivity contribution in [1.29, 1.82) is 0 Å². The smallest absolute Gasteiger partial charge is 0.274 e. The van der Waals surface area contributed by atoms with Gasteiger partial charge in [-0.3, -0.25) is 14.6 Å². The van der Waals surface area contributed by atoms with E-state index in [0.717, 1.165) is 17.7 Å². The number of halogens is 1. The molecule has 7 heteroatoms. The van der Waals surface area contributed by atoms with E-state index in [1.807, 2.05) is 58.0 Å². The molecule has 6 nitrogen and oxygen atoms in total. The molecule has 3 aromatic rings. The first-order chi connectivity index (χ1) is 15.1. The molecule has 0 saturated carbocycles. The molecular formula is C24H21ClN4O2. The Morgan fingerprint density at radius 2 is 1.87 bits per heavy atom. The molecule has 0 spiro atoms. The van der Waals surface area contributed by atoms with Crippen molar-refractivity contribution < 1.29 is 4.79 Å². The van der Waals surface area contributed by atoms with Crippen molar-refractivity contribution in [1.82, 2.24) is 19.4 Å². The Bertz CT molecular complexity index is 1200. The highest BCUT2D eigenvalue weighted by Crippen LogP contribution is 2.35. The summed E-state index contributed by atoms with van der Waals surface area (Å²) in [4.78, 5) is 36.0. The highest BCUT2D eigenvalue weighted by Gasteiger charge is 2.37. The second-order valence-corrected chi connectivity index (χ2v) is 8.55. The number of carbonyl (C=O) groups excluding carboxylic acids is 1. The van der Waals surface area contributed by atoms with Gasteiger partial charge in [-0.2, -0.15) is 0 Å². The summed E-state index contributed by atoms with van der Waals surface area (Å²) < 4.78 is 1.89.